The van der Waals surface area contributed by atoms with Crippen molar-refractivity contribution in [2.45, 2.75) is 12.1 Å². The number of hydrogen-bond acceptors (Lipinski definition) is 6. The van der Waals surface area contributed by atoms with E-state index in [-0.39, 0.29) is 22.3 Å². The summed E-state index contributed by atoms with van der Waals surface area (Å²) in [4.78, 5) is 12.0. The first-order valence-electron chi connectivity index (χ1n) is 6.43. The van der Waals surface area contributed by atoms with Gasteiger partial charge in [-0.3, -0.25) is 4.79 Å². The van der Waals surface area contributed by atoms with Crippen molar-refractivity contribution < 1.29 is 18.0 Å². The van der Waals surface area contributed by atoms with Crippen molar-refractivity contribution >= 4 is 17.5 Å². The third-order valence-corrected chi connectivity index (χ3v) is 3.82. The molecule has 2 heterocycles. The van der Waals surface area contributed by atoms with Gasteiger partial charge in [0.15, 0.2) is 5.78 Å². The number of furan rings is 1. The predicted octanol–water partition coefficient (Wildman–Crippen LogP) is 3.75. The van der Waals surface area contributed by atoms with Crippen molar-refractivity contribution in [2.24, 2.45) is 0 Å². The molecule has 0 aliphatic heterocycles. The van der Waals surface area contributed by atoms with Gasteiger partial charge >= 0.3 is 0 Å². The number of nitrogens with zero attached hydrogens (tertiary/aromatic N) is 2. The Labute approximate surface area is 129 Å². The summed E-state index contributed by atoms with van der Waals surface area (Å²) < 4.78 is 24.1. The van der Waals surface area contributed by atoms with Gasteiger partial charge in [-0.15, -0.1) is 10.2 Å². The fourth-order valence-electron chi connectivity index (χ4n) is 1.88. The maximum Gasteiger partial charge on any atom is 0.277 e. The third-order valence-electron chi connectivity index (χ3n) is 3.00. The first-order valence-corrected chi connectivity index (χ1v) is 7.42. The van der Waals surface area contributed by atoms with E-state index in [1.165, 1.54) is 24.5 Å². The molecular weight excluding hydrogens is 307 g/mol. The molecule has 0 saturated carbocycles. The standard InChI is InChI=1S/C15H11FN2O3S/c1-9-10(6-7-20-9)14-17-18-15(21-14)22-8-13(19)11-4-2-3-5-12(11)16/h2-7H,8H2,1H3. The summed E-state index contributed by atoms with van der Waals surface area (Å²) in [6.07, 6.45) is 1.53. The maximum atomic E-state index is 13.5. The molecular formula is C15H11FN2O3S. The molecule has 0 unspecified atom stereocenters. The minimum Gasteiger partial charge on any atom is -0.469 e. The van der Waals surface area contributed by atoms with Crippen molar-refractivity contribution in [3.63, 3.8) is 0 Å². The summed E-state index contributed by atoms with van der Waals surface area (Å²) >= 11 is 1.07. The number of carbonyl (C=O) groups is 1. The van der Waals surface area contributed by atoms with Gasteiger partial charge in [-0.1, -0.05) is 23.9 Å². The molecule has 5 nitrogen and oxygen atoms in total. The number of hydrogen-bond donors (Lipinski definition) is 0. The quantitative estimate of drug-likeness (QED) is 0.527. The zero-order valence-corrected chi connectivity index (χ0v) is 12.4. The van der Waals surface area contributed by atoms with Crippen molar-refractivity contribution in [3.05, 3.63) is 53.7 Å². The zero-order valence-electron chi connectivity index (χ0n) is 11.6. The van der Waals surface area contributed by atoms with E-state index < -0.39 is 5.82 Å². The van der Waals surface area contributed by atoms with Crippen LogP contribution >= 0.6 is 11.8 Å². The summed E-state index contributed by atoms with van der Waals surface area (Å²) in [7, 11) is 0. The molecule has 3 rings (SSSR count). The van der Waals surface area contributed by atoms with Crippen LogP contribution in [0.5, 0.6) is 0 Å². The highest BCUT2D eigenvalue weighted by atomic mass is 32.2. The molecule has 3 aromatic rings. The molecule has 7 heteroatoms. The van der Waals surface area contributed by atoms with Gasteiger partial charge in [-0.05, 0) is 25.1 Å². The van der Waals surface area contributed by atoms with Crippen LogP contribution in [0.2, 0.25) is 0 Å². The lowest BCUT2D eigenvalue weighted by Gasteiger charge is -1.99. The van der Waals surface area contributed by atoms with Crippen LogP contribution in [0.3, 0.4) is 0 Å². The van der Waals surface area contributed by atoms with Crippen molar-refractivity contribution in [3.8, 4) is 11.5 Å². The molecule has 2 aromatic heterocycles. The number of Topliss-reactive ketones (excluding diaryl/α,β-unsaturated/α-hetero) is 1. The molecule has 0 aliphatic carbocycles. The Balaban J connectivity index is 1.68. The summed E-state index contributed by atoms with van der Waals surface area (Å²) in [6, 6.07) is 7.59. The lowest BCUT2D eigenvalue weighted by Crippen LogP contribution is -2.04. The Hall–Kier alpha value is -2.41. The van der Waals surface area contributed by atoms with Crippen LogP contribution in [0.15, 0.2) is 50.7 Å². The predicted molar refractivity (Wildman–Crippen MR) is 78.2 cm³/mol. The Morgan fingerprint density at radius 1 is 1.27 bits per heavy atom. The Kier molecular flexibility index (Phi) is 4.06. The van der Waals surface area contributed by atoms with Crippen LogP contribution in [0.25, 0.3) is 11.5 Å². The van der Waals surface area contributed by atoms with Crippen LogP contribution in [0.1, 0.15) is 16.1 Å². The van der Waals surface area contributed by atoms with E-state index in [1.807, 2.05) is 0 Å². The first-order chi connectivity index (χ1) is 10.6. The van der Waals surface area contributed by atoms with Gasteiger partial charge in [-0.25, -0.2) is 4.39 Å². The molecule has 0 N–H and O–H groups in total. The van der Waals surface area contributed by atoms with Crippen LogP contribution in [-0.2, 0) is 0 Å². The Morgan fingerprint density at radius 2 is 2.09 bits per heavy atom. The van der Waals surface area contributed by atoms with Gasteiger partial charge in [0.05, 0.1) is 23.1 Å². The van der Waals surface area contributed by atoms with Crippen molar-refractivity contribution in [1.82, 2.24) is 10.2 Å². The normalized spacial score (nSPS) is 10.8. The van der Waals surface area contributed by atoms with E-state index in [2.05, 4.69) is 10.2 Å². The molecule has 0 atom stereocenters. The molecule has 112 valence electrons. The summed E-state index contributed by atoms with van der Waals surface area (Å²) in [5.74, 6) is 0.151. The first kappa shape index (κ1) is 14.5. The topological polar surface area (TPSA) is 69.1 Å². The zero-order chi connectivity index (χ0) is 15.5. The maximum absolute atomic E-state index is 13.5. The molecule has 0 fully saturated rings. The minimum atomic E-state index is -0.534. The largest absolute Gasteiger partial charge is 0.469 e. The fraction of sp³-hybridized carbons (Fsp3) is 0.133. The smallest absolute Gasteiger partial charge is 0.277 e. The number of benzene rings is 1. The van der Waals surface area contributed by atoms with Gasteiger partial charge in [0.2, 0.25) is 0 Å². The SMILES string of the molecule is Cc1occc1-c1nnc(SCC(=O)c2ccccc2F)o1. The summed E-state index contributed by atoms with van der Waals surface area (Å²) in [6.45, 7) is 1.79. The van der Waals surface area contributed by atoms with Gasteiger partial charge in [0.25, 0.3) is 11.1 Å². The Morgan fingerprint density at radius 3 is 2.82 bits per heavy atom. The molecule has 0 bridgehead atoms. The van der Waals surface area contributed by atoms with Crippen LogP contribution in [0.4, 0.5) is 4.39 Å². The molecule has 0 saturated heterocycles. The van der Waals surface area contributed by atoms with Gasteiger partial charge < -0.3 is 8.83 Å². The number of aromatic nitrogens is 2. The van der Waals surface area contributed by atoms with Crippen LogP contribution < -0.4 is 0 Å². The van der Waals surface area contributed by atoms with Crippen molar-refractivity contribution in [1.29, 1.82) is 0 Å². The third kappa shape index (κ3) is 2.94. The number of ketones is 1. The second kappa shape index (κ2) is 6.15. The molecule has 0 radical (unpaired) electrons. The Bertz CT molecular complexity index is 812. The van der Waals surface area contributed by atoms with E-state index in [9.17, 15) is 9.18 Å². The summed E-state index contributed by atoms with van der Waals surface area (Å²) in [5.41, 5.74) is 0.764. The van der Waals surface area contributed by atoms with Gasteiger partial charge in [-0.2, -0.15) is 0 Å². The number of thioether (sulfide) groups is 1. The minimum absolute atomic E-state index is 0.0208. The van der Waals surface area contributed by atoms with E-state index in [1.54, 1.807) is 19.1 Å². The van der Waals surface area contributed by atoms with E-state index in [0.29, 0.717) is 17.2 Å². The van der Waals surface area contributed by atoms with Gasteiger partial charge in [0, 0.05) is 0 Å². The van der Waals surface area contributed by atoms with Crippen LogP contribution in [-0.4, -0.2) is 21.7 Å². The number of halogens is 1. The second-order valence-corrected chi connectivity index (χ2v) is 5.38. The van der Waals surface area contributed by atoms with Gasteiger partial charge in [0.1, 0.15) is 11.6 Å². The number of aryl methyl sites for hydroxylation is 1. The molecule has 1 aromatic carbocycles. The average Bonchev–Trinajstić information content (AvgIpc) is 3.13. The average molecular weight is 318 g/mol. The van der Waals surface area contributed by atoms with Crippen molar-refractivity contribution in [2.75, 3.05) is 5.75 Å². The van der Waals surface area contributed by atoms with E-state index >= 15 is 0 Å². The van der Waals surface area contributed by atoms with Crippen LogP contribution in [0, 0.1) is 12.7 Å². The monoisotopic (exact) mass is 318 g/mol. The molecule has 0 amide bonds. The highest BCUT2D eigenvalue weighted by Gasteiger charge is 2.16. The summed E-state index contributed by atoms with van der Waals surface area (Å²) in [5, 5.41) is 8.02. The molecule has 0 aliphatic rings. The highest BCUT2D eigenvalue weighted by molar-refractivity contribution is 7.99. The number of carbonyl (C=O) groups excluding carboxylic acids is 1. The second-order valence-electron chi connectivity index (χ2n) is 4.46. The highest BCUT2D eigenvalue weighted by Crippen LogP contribution is 2.26. The molecule has 0 spiro atoms. The fourth-order valence-corrected chi connectivity index (χ4v) is 2.52. The lowest BCUT2D eigenvalue weighted by atomic mass is 10.1. The number of rotatable bonds is 5. The van der Waals surface area contributed by atoms with E-state index in [0.717, 1.165) is 11.8 Å². The van der Waals surface area contributed by atoms with E-state index in [4.69, 9.17) is 8.83 Å². The lowest BCUT2D eigenvalue weighted by molar-refractivity contribution is 0.101. The molecule has 22 heavy (non-hydrogen) atoms.